The average molecular weight is 246 g/mol. The van der Waals surface area contributed by atoms with E-state index < -0.39 is 0 Å². The maximum atomic E-state index is 6.56. The first-order chi connectivity index (χ1) is 8.28. The minimum Gasteiger partial charge on any atom is -0.493 e. The predicted molar refractivity (Wildman–Crippen MR) is 68.2 cm³/mol. The van der Waals surface area contributed by atoms with E-state index in [1.165, 1.54) is 4.88 Å². The maximum Gasteiger partial charge on any atom is 0.124 e. The number of nitrogens with two attached hydrogens (primary N) is 1. The highest BCUT2D eigenvalue weighted by Crippen LogP contribution is 2.37. The third kappa shape index (κ3) is 1.94. The Morgan fingerprint density at radius 3 is 3.12 bits per heavy atom. The van der Waals surface area contributed by atoms with Crippen LogP contribution in [-0.2, 0) is 12.0 Å². The Hall–Kier alpha value is -1.39. The van der Waals surface area contributed by atoms with Gasteiger partial charge in [-0.25, -0.2) is 0 Å². The lowest BCUT2D eigenvalue weighted by atomic mass is 9.82. The molecule has 2 heterocycles. The summed E-state index contributed by atoms with van der Waals surface area (Å²) in [6.45, 7) is 0.687. The average Bonchev–Trinajstić information content (AvgIpc) is 2.82. The van der Waals surface area contributed by atoms with Crippen LogP contribution in [0.2, 0.25) is 0 Å². The van der Waals surface area contributed by atoms with E-state index >= 15 is 0 Å². The summed E-state index contributed by atoms with van der Waals surface area (Å²) in [5.41, 5.74) is 9.20. The van der Waals surface area contributed by atoms with Gasteiger partial charge in [-0.05, 0) is 6.07 Å². The van der Waals surface area contributed by atoms with Crippen LogP contribution in [0.1, 0.15) is 16.9 Å². The summed E-state index contributed by atoms with van der Waals surface area (Å²) in [6.07, 6.45) is 3.58. The van der Waals surface area contributed by atoms with Crippen LogP contribution >= 0.6 is 11.3 Å². The number of ether oxygens (including phenoxy) is 1. The number of thiazole rings is 1. The molecule has 88 valence electrons. The topological polar surface area (TPSA) is 48.1 Å². The Bertz CT molecular complexity index is 512. The summed E-state index contributed by atoms with van der Waals surface area (Å²) in [5.74, 6) is 0.922. The lowest BCUT2D eigenvalue weighted by molar-refractivity contribution is 0.216. The fourth-order valence-electron chi connectivity index (χ4n) is 2.31. The van der Waals surface area contributed by atoms with Crippen molar-refractivity contribution in [1.82, 2.24) is 4.98 Å². The summed E-state index contributed by atoms with van der Waals surface area (Å²) >= 11 is 1.66. The van der Waals surface area contributed by atoms with Crippen LogP contribution in [0.5, 0.6) is 5.75 Å². The molecule has 0 fully saturated rings. The van der Waals surface area contributed by atoms with Crippen molar-refractivity contribution in [3.63, 3.8) is 0 Å². The van der Waals surface area contributed by atoms with Crippen molar-refractivity contribution < 1.29 is 4.74 Å². The third-order valence-electron chi connectivity index (χ3n) is 3.20. The molecular formula is C13H14N2OS. The first-order valence-corrected chi connectivity index (χ1v) is 6.54. The molecule has 0 bridgehead atoms. The van der Waals surface area contributed by atoms with Crippen LogP contribution in [0, 0.1) is 0 Å². The van der Waals surface area contributed by atoms with Gasteiger partial charge >= 0.3 is 0 Å². The van der Waals surface area contributed by atoms with Crippen molar-refractivity contribution >= 4 is 11.3 Å². The second-order valence-corrected chi connectivity index (χ2v) is 5.37. The van der Waals surface area contributed by atoms with Gasteiger partial charge in [0.15, 0.2) is 0 Å². The number of nitrogens with zero attached hydrogens (tertiary/aromatic N) is 1. The summed E-state index contributed by atoms with van der Waals surface area (Å²) in [6, 6.07) is 8.05. The van der Waals surface area contributed by atoms with Crippen molar-refractivity contribution in [1.29, 1.82) is 0 Å². The van der Waals surface area contributed by atoms with Crippen LogP contribution in [-0.4, -0.2) is 11.6 Å². The molecule has 1 atom stereocenters. The van der Waals surface area contributed by atoms with Gasteiger partial charge < -0.3 is 10.5 Å². The van der Waals surface area contributed by atoms with Crippen molar-refractivity contribution in [3.8, 4) is 5.75 Å². The fraction of sp³-hybridized carbons (Fsp3) is 0.308. The van der Waals surface area contributed by atoms with Crippen molar-refractivity contribution in [2.75, 3.05) is 6.61 Å². The zero-order chi connectivity index (χ0) is 11.7. The molecule has 0 saturated heterocycles. The van der Waals surface area contributed by atoms with Gasteiger partial charge in [0.05, 0.1) is 17.7 Å². The molecule has 17 heavy (non-hydrogen) atoms. The van der Waals surface area contributed by atoms with Crippen molar-refractivity contribution in [2.45, 2.75) is 18.4 Å². The molecule has 0 aliphatic carbocycles. The second kappa shape index (κ2) is 4.13. The lowest BCUT2D eigenvalue weighted by Gasteiger charge is -2.35. The standard InChI is InChI=1S/C13H14N2OS/c14-13(7-10-8-15-9-17-10)5-6-16-12-4-2-1-3-11(12)13/h1-4,8-9H,5-7,14H2. The van der Waals surface area contributed by atoms with E-state index in [0.717, 1.165) is 24.2 Å². The van der Waals surface area contributed by atoms with Crippen LogP contribution in [0.25, 0.3) is 0 Å². The summed E-state index contributed by atoms with van der Waals surface area (Å²) < 4.78 is 5.65. The molecule has 2 N–H and O–H groups in total. The molecule has 1 aromatic carbocycles. The van der Waals surface area contributed by atoms with Gasteiger partial charge in [-0.2, -0.15) is 0 Å². The SMILES string of the molecule is NC1(Cc2cncs2)CCOc2ccccc21. The van der Waals surface area contributed by atoms with Gasteiger partial charge in [-0.1, -0.05) is 18.2 Å². The van der Waals surface area contributed by atoms with Crippen LogP contribution in [0.3, 0.4) is 0 Å². The molecule has 3 nitrogen and oxygen atoms in total. The molecule has 2 aromatic rings. The molecule has 3 rings (SSSR count). The van der Waals surface area contributed by atoms with Gasteiger partial charge in [-0.3, -0.25) is 4.98 Å². The smallest absolute Gasteiger partial charge is 0.124 e. The van der Waals surface area contributed by atoms with Crippen molar-refractivity contribution in [2.24, 2.45) is 5.73 Å². The Balaban J connectivity index is 1.98. The van der Waals surface area contributed by atoms with E-state index in [0.29, 0.717) is 6.61 Å². The van der Waals surface area contributed by atoms with E-state index in [2.05, 4.69) is 11.1 Å². The highest BCUT2D eigenvalue weighted by atomic mass is 32.1. The molecule has 0 amide bonds. The van der Waals surface area contributed by atoms with Gasteiger partial charge in [-0.15, -0.1) is 11.3 Å². The molecule has 0 spiro atoms. The molecule has 1 unspecified atom stereocenters. The van der Waals surface area contributed by atoms with Crippen LogP contribution < -0.4 is 10.5 Å². The predicted octanol–water partition coefficient (Wildman–Crippen LogP) is 2.32. The Labute approximate surface area is 104 Å². The Kier molecular flexibility index (Phi) is 2.61. The highest BCUT2D eigenvalue weighted by Gasteiger charge is 2.34. The first-order valence-electron chi connectivity index (χ1n) is 5.66. The highest BCUT2D eigenvalue weighted by molar-refractivity contribution is 7.09. The number of benzene rings is 1. The first kappa shape index (κ1) is 10.7. The largest absolute Gasteiger partial charge is 0.493 e. The number of hydrogen-bond donors (Lipinski definition) is 1. The second-order valence-electron chi connectivity index (χ2n) is 4.40. The third-order valence-corrected chi connectivity index (χ3v) is 3.98. The molecule has 1 aromatic heterocycles. The number of para-hydroxylation sites is 1. The minimum atomic E-state index is -0.318. The van der Waals surface area contributed by atoms with E-state index in [1.54, 1.807) is 11.3 Å². The Morgan fingerprint density at radius 1 is 1.41 bits per heavy atom. The van der Waals surface area contributed by atoms with Crippen LogP contribution in [0.4, 0.5) is 0 Å². The van der Waals surface area contributed by atoms with E-state index in [1.807, 2.05) is 29.9 Å². The number of hydrogen-bond acceptors (Lipinski definition) is 4. The fourth-order valence-corrected chi connectivity index (χ4v) is 3.03. The van der Waals surface area contributed by atoms with Gasteiger partial charge in [0.1, 0.15) is 5.75 Å². The van der Waals surface area contributed by atoms with E-state index in [-0.39, 0.29) is 5.54 Å². The van der Waals surface area contributed by atoms with Crippen molar-refractivity contribution in [3.05, 3.63) is 46.4 Å². The molecule has 1 aliphatic heterocycles. The van der Waals surface area contributed by atoms with Crippen LogP contribution in [0.15, 0.2) is 36.0 Å². The number of fused-ring (bicyclic) bond motifs is 1. The molecule has 0 saturated carbocycles. The quantitative estimate of drug-likeness (QED) is 0.884. The zero-order valence-corrected chi connectivity index (χ0v) is 10.2. The molecular weight excluding hydrogens is 232 g/mol. The maximum absolute atomic E-state index is 6.56. The van der Waals surface area contributed by atoms with Gasteiger partial charge in [0.25, 0.3) is 0 Å². The monoisotopic (exact) mass is 246 g/mol. The minimum absolute atomic E-state index is 0.318. The lowest BCUT2D eigenvalue weighted by Crippen LogP contribution is -2.43. The number of aromatic nitrogens is 1. The van der Waals surface area contributed by atoms with Gasteiger partial charge in [0.2, 0.25) is 0 Å². The van der Waals surface area contributed by atoms with E-state index in [4.69, 9.17) is 10.5 Å². The van der Waals surface area contributed by atoms with E-state index in [9.17, 15) is 0 Å². The molecule has 1 aliphatic rings. The summed E-state index contributed by atoms with van der Waals surface area (Å²) in [5, 5.41) is 0. The molecule has 0 radical (unpaired) electrons. The van der Waals surface area contributed by atoms with Gasteiger partial charge in [0, 0.05) is 29.5 Å². The normalized spacial score (nSPS) is 22.9. The Morgan fingerprint density at radius 2 is 2.29 bits per heavy atom. The zero-order valence-electron chi connectivity index (χ0n) is 9.43. The summed E-state index contributed by atoms with van der Waals surface area (Å²) in [7, 11) is 0. The summed E-state index contributed by atoms with van der Waals surface area (Å²) in [4.78, 5) is 5.33. The number of rotatable bonds is 2. The molecule has 4 heteroatoms.